The van der Waals surface area contributed by atoms with Crippen LogP contribution >= 0.6 is 11.6 Å². The Morgan fingerprint density at radius 1 is 0.903 bits per heavy atom. The number of nitrogens with zero attached hydrogens (tertiary/aromatic N) is 1. The third kappa shape index (κ3) is 5.50. The van der Waals surface area contributed by atoms with Gasteiger partial charge in [0.1, 0.15) is 12.4 Å². The summed E-state index contributed by atoms with van der Waals surface area (Å²) >= 11 is 5.92. The molecule has 1 amide bonds. The Kier molecular flexibility index (Phi) is 6.60. The summed E-state index contributed by atoms with van der Waals surface area (Å²) in [6.45, 7) is 0.412. The monoisotopic (exact) mass is 428 g/mol. The van der Waals surface area contributed by atoms with Gasteiger partial charge < -0.3 is 4.74 Å². The van der Waals surface area contributed by atoms with Crippen LogP contribution in [0.4, 0.5) is 0 Å². The first-order chi connectivity index (χ1) is 15.2. The molecule has 0 aliphatic rings. The lowest BCUT2D eigenvalue weighted by molar-refractivity contribution is -0.120. The number of hydrogen-bond donors (Lipinski definition) is 1. The van der Waals surface area contributed by atoms with Gasteiger partial charge in [0.2, 0.25) is 5.91 Å². The largest absolute Gasteiger partial charge is 0.488 e. The Morgan fingerprint density at radius 3 is 2.52 bits per heavy atom. The van der Waals surface area contributed by atoms with Gasteiger partial charge in [0.05, 0.1) is 12.6 Å². The smallest absolute Gasteiger partial charge is 0.244 e. The summed E-state index contributed by atoms with van der Waals surface area (Å²) in [5, 5.41) is 7.00. The fourth-order valence-corrected chi connectivity index (χ4v) is 3.42. The zero-order valence-corrected chi connectivity index (χ0v) is 17.5. The van der Waals surface area contributed by atoms with Gasteiger partial charge in [-0.3, -0.25) is 4.79 Å². The maximum absolute atomic E-state index is 12.4. The zero-order chi connectivity index (χ0) is 21.5. The predicted molar refractivity (Wildman–Crippen MR) is 126 cm³/mol. The highest BCUT2D eigenvalue weighted by Gasteiger charge is 2.06. The van der Waals surface area contributed by atoms with Gasteiger partial charge >= 0.3 is 0 Å². The Balaban J connectivity index is 1.38. The lowest BCUT2D eigenvalue weighted by atomic mass is 10.0. The van der Waals surface area contributed by atoms with E-state index in [0.29, 0.717) is 17.4 Å². The van der Waals surface area contributed by atoms with Crippen molar-refractivity contribution in [2.24, 2.45) is 5.10 Å². The molecular weight excluding hydrogens is 408 g/mol. The number of benzene rings is 4. The Labute approximate surface area is 186 Å². The van der Waals surface area contributed by atoms with Crippen LogP contribution in [0.1, 0.15) is 16.7 Å². The highest BCUT2D eigenvalue weighted by Crippen LogP contribution is 2.20. The lowest BCUT2D eigenvalue weighted by Crippen LogP contribution is -2.20. The third-order valence-corrected chi connectivity index (χ3v) is 5.10. The van der Waals surface area contributed by atoms with E-state index < -0.39 is 0 Å². The molecule has 0 heterocycles. The first-order valence-electron chi connectivity index (χ1n) is 9.94. The average molecular weight is 429 g/mol. The lowest BCUT2D eigenvalue weighted by Gasteiger charge is -2.09. The van der Waals surface area contributed by atoms with Crippen molar-refractivity contribution in [3.8, 4) is 5.75 Å². The van der Waals surface area contributed by atoms with Crippen LogP contribution in [-0.2, 0) is 17.8 Å². The van der Waals surface area contributed by atoms with Gasteiger partial charge in [-0.1, -0.05) is 78.3 Å². The molecule has 154 valence electrons. The van der Waals surface area contributed by atoms with Crippen molar-refractivity contribution in [1.82, 2.24) is 5.43 Å². The molecule has 0 fully saturated rings. The molecule has 0 saturated heterocycles. The molecule has 0 atom stereocenters. The van der Waals surface area contributed by atoms with Gasteiger partial charge in [0.25, 0.3) is 0 Å². The molecule has 4 nitrogen and oxygen atoms in total. The quantitative estimate of drug-likeness (QED) is 0.300. The molecule has 0 bridgehead atoms. The fraction of sp³-hybridized carbons (Fsp3) is 0.0769. The van der Waals surface area contributed by atoms with E-state index in [2.05, 4.69) is 10.5 Å². The zero-order valence-electron chi connectivity index (χ0n) is 16.8. The Morgan fingerprint density at radius 2 is 1.65 bits per heavy atom. The molecular formula is C26H21ClN2O2. The van der Waals surface area contributed by atoms with Crippen molar-refractivity contribution in [3.63, 3.8) is 0 Å². The van der Waals surface area contributed by atoms with Crippen LogP contribution in [0.15, 0.2) is 96.1 Å². The molecule has 0 aliphatic carbocycles. The van der Waals surface area contributed by atoms with E-state index in [1.807, 2.05) is 91.0 Å². The van der Waals surface area contributed by atoms with E-state index in [1.54, 1.807) is 6.21 Å². The van der Waals surface area contributed by atoms with Crippen LogP contribution in [0, 0.1) is 0 Å². The minimum atomic E-state index is -0.174. The van der Waals surface area contributed by atoms with Crippen LogP contribution < -0.4 is 10.2 Å². The first-order valence-corrected chi connectivity index (χ1v) is 10.3. The fourth-order valence-electron chi connectivity index (χ4n) is 3.29. The molecule has 0 unspecified atom stereocenters. The number of halogens is 1. The number of hydrazone groups is 1. The van der Waals surface area contributed by atoms with Crippen molar-refractivity contribution < 1.29 is 9.53 Å². The number of para-hydroxylation sites is 1. The van der Waals surface area contributed by atoms with Crippen LogP contribution in [0.25, 0.3) is 10.8 Å². The Hall–Kier alpha value is -3.63. The van der Waals surface area contributed by atoms with Gasteiger partial charge in [0, 0.05) is 10.6 Å². The van der Waals surface area contributed by atoms with Crippen molar-refractivity contribution in [2.75, 3.05) is 0 Å². The molecule has 0 saturated carbocycles. The molecule has 31 heavy (non-hydrogen) atoms. The van der Waals surface area contributed by atoms with Crippen LogP contribution in [-0.4, -0.2) is 12.1 Å². The molecule has 4 aromatic carbocycles. The maximum atomic E-state index is 12.4. The number of fused-ring (bicyclic) bond motifs is 1. The predicted octanol–water partition coefficient (Wildman–Crippen LogP) is 5.77. The van der Waals surface area contributed by atoms with Crippen molar-refractivity contribution >= 4 is 34.5 Å². The summed E-state index contributed by atoms with van der Waals surface area (Å²) in [4.78, 5) is 12.4. The number of nitrogens with one attached hydrogen (secondary N) is 1. The number of rotatable bonds is 7. The van der Waals surface area contributed by atoms with Crippen LogP contribution in [0.5, 0.6) is 5.75 Å². The minimum absolute atomic E-state index is 0.174. The van der Waals surface area contributed by atoms with Gasteiger partial charge in [-0.25, -0.2) is 5.43 Å². The van der Waals surface area contributed by atoms with E-state index >= 15 is 0 Å². The average Bonchev–Trinajstić information content (AvgIpc) is 2.80. The molecule has 4 rings (SSSR count). The summed E-state index contributed by atoms with van der Waals surface area (Å²) in [5.74, 6) is 0.511. The number of carbonyl (C=O) groups excluding carboxylic acids is 1. The first kappa shape index (κ1) is 20.6. The van der Waals surface area contributed by atoms with Crippen molar-refractivity contribution in [1.29, 1.82) is 0 Å². The van der Waals surface area contributed by atoms with Crippen LogP contribution in [0.2, 0.25) is 5.02 Å². The second kappa shape index (κ2) is 9.92. The normalized spacial score (nSPS) is 11.0. The standard InChI is InChI=1S/C26H21ClN2O2/c27-23-14-12-19(13-15-23)18-31-25-11-4-2-7-22(25)17-28-29-26(30)16-21-9-5-8-20-6-1-3-10-24(20)21/h1-15,17H,16,18H2,(H,29,30)/b28-17-. The minimum Gasteiger partial charge on any atom is -0.488 e. The van der Waals surface area contributed by atoms with E-state index in [4.69, 9.17) is 16.3 Å². The molecule has 5 heteroatoms. The van der Waals surface area contributed by atoms with Crippen LogP contribution in [0.3, 0.4) is 0 Å². The number of carbonyl (C=O) groups is 1. The number of ether oxygens (including phenoxy) is 1. The SMILES string of the molecule is O=C(Cc1cccc2ccccc12)N/N=C\c1ccccc1OCc1ccc(Cl)cc1. The van der Waals surface area contributed by atoms with Gasteiger partial charge in [0.15, 0.2) is 0 Å². The van der Waals surface area contributed by atoms with Crippen molar-refractivity contribution in [2.45, 2.75) is 13.0 Å². The Bertz CT molecular complexity index is 1210. The summed E-state index contributed by atoms with van der Waals surface area (Å²) in [6, 6.07) is 29.0. The summed E-state index contributed by atoms with van der Waals surface area (Å²) in [7, 11) is 0. The van der Waals surface area contributed by atoms with E-state index in [0.717, 1.165) is 27.5 Å². The highest BCUT2D eigenvalue weighted by atomic mass is 35.5. The maximum Gasteiger partial charge on any atom is 0.244 e. The second-order valence-electron chi connectivity index (χ2n) is 7.06. The molecule has 4 aromatic rings. The third-order valence-electron chi connectivity index (χ3n) is 4.85. The molecule has 0 aliphatic heterocycles. The molecule has 1 N–H and O–H groups in total. The topological polar surface area (TPSA) is 50.7 Å². The molecule has 0 aromatic heterocycles. The number of hydrogen-bond acceptors (Lipinski definition) is 3. The second-order valence-corrected chi connectivity index (χ2v) is 7.50. The summed E-state index contributed by atoms with van der Waals surface area (Å²) in [5.41, 5.74) is 5.37. The van der Waals surface area contributed by atoms with Crippen molar-refractivity contribution in [3.05, 3.63) is 113 Å². The van der Waals surface area contributed by atoms with Gasteiger partial charge in [-0.2, -0.15) is 5.10 Å². The summed E-state index contributed by atoms with van der Waals surface area (Å²) in [6.07, 6.45) is 1.85. The highest BCUT2D eigenvalue weighted by molar-refractivity contribution is 6.30. The molecule has 0 spiro atoms. The molecule has 0 radical (unpaired) electrons. The van der Waals surface area contributed by atoms with Gasteiger partial charge in [-0.05, 0) is 46.2 Å². The summed E-state index contributed by atoms with van der Waals surface area (Å²) < 4.78 is 5.92. The van der Waals surface area contributed by atoms with E-state index in [9.17, 15) is 4.79 Å². The van der Waals surface area contributed by atoms with E-state index in [-0.39, 0.29) is 12.3 Å². The van der Waals surface area contributed by atoms with E-state index in [1.165, 1.54) is 0 Å². The van der Waals surface area contributed by atoms with Gasteiger partial charge in [-0.15, -0.1) is 0 Å². The number of amides is 1.